The van der Waals surface area contributed by atoms with Crippen LogP contribution in [0.25, 0.3) is 0 Å². The van der Waals surface area contributed by atoms with Crippen LogP contribution in [0.3, 0.4) is 0 Å². The van der Waals surface area contributed by atoms with Gasteiger partial charge < -0.3 is 15.2 Å². The van der Waals surface area contributed by atoms with E-state index in [9.17, 15) is 4.79 Å². The van der Waals surface area contributed by atoms with Crippen LogP contribution in [0.2, 0.25) is 0 Å². The molecule has 0 heterocycles. The highest BCUT2D eigenvalue weighted by Crippen LogP contribution is 2.13. The van der Waals surface area contributed by atoms with Crippen molar-refractivity contribution in [1.82, 2.24) is 5.32 Å². The molecule has 4 heteroatoms. The first-order valence-electron chi connectivity index (χ1n) is 8.28. The van der Waals surface area contributed by atoms with Crippen LogP contribution in [0.4, 0.5) is 0 Å². The highest BCUT2D eigenvalue weighted by molar-refractivity contribution is 5.94. The Morgan fingerprint density at radius 3 is 2.33 bits per heavy atom. The number of hydrogen-bond acceptors (Lipinski definition) is 3. The van der Waals surface area contributed by atoms with Crippen LogP contribution >= 0.6 is 0 Å². The van der Waals surface area contributed by atoms with Gasteiger partial charge in [-0.05, 0) is 42.2 Å². The van der Waals surface area contributed by atoms with Crippen molar-refractivity contribution in [2.75, 3.05) is 6.61 Å². The monoisotopic (exact) mass is 327 g/mol. The number of carbonyl (C=O) groups excluding carboxylic acids is 1. The average molecular weight is 327 g/mol. The standard InChI is InChI=1S/C20H25NO3/c1-15(2)19(12-13-22)21-20(23)17-10-8-16(9-11-17)14-24-18-6-4-3-5-7-18/h3-11,15,19,22H,12-14H2,1-2H3,(H,21,23)/t19-/m0/s1. The minimum atomic E-state index is -0.113. The second-order valence-corrected chi connectivity index (χ2v) is 6.13. The van der Waals surface area contributed by atoms with Crippen molar-refractivity contribution in [3.05, 3.63) is 65.7 Å². The first kappa shape index (κ1) is 18.0. The Hall–Kier alpha value is -2.33. The van der Waals surface area contributed by atoms with Gasteiger partial charge in [0.1, 0.15) is 12.4 Å². The third-order valence-electron chi connectivity index (χ3n) is 3.93. The summed E-state index contributed by atoms with van der Waals surface area (Å²) in [6, 6.07) is 17.0. The van der Waals surface area contributed by atoms with E-state index in [0.717, 1.165) is 11.3 Å². The summed E-state index contributed by atoms with van der Waals surface area (Å²) in [5.74, 6) is 0.987. The van der Waals surface area contributed by atoms with E-state index in [1.807, 2.05) is 56.3 Å². The van der Waals surface area contributed by atoms with Gasteiger partial charge in [-0.15, -0.1) is 0 Å². The van der Waals surface area contributed by atoms with Crippen molar-refractivity contribution in [2.45, 2.75) is 32.9 Å². The number of benzene rings is 2. The van der Waals surface area contributed by atoms with Gasteiger partial charge in [-0.1, -0.05) is 44.2 Å². The molecule has 2 rings (SSSR count). The number of amides is 1. The fourth-order valence-electron chi connectivity index (χ4n) is 2.40. The Morgan fingerprint density at radius 1 is 1.08 bits per heavy atom. The average Bonchev–Trinajstić information content (AvgIpc) is 2.60. The number of ether oxygens (including phenoxy) is 1. The lowest BCUT2D eigenvalue weighted by Gasteiger charge is -2.21. The Morgan fingerprint density at radius 2 is 1.75 bits per heavy atom. The van der Waals surface area contributed by atoms with Crippen LogP contribution in [-0.4, -0.2) is 23.7 Å². The molecule has 0 saturated carbocycles. The first-order valence-corrected chi connectivity index (χ1v) is 8.28. The Balaban J connectivity index is 1.92. The summed E-state index contributed by atoms with van der Waals surface area (Å²) in [7, 11) is 0. The first-order chi connectivity index (χ1) is 11.6. The van der Waals surface area contributed by atoms with Gasteiger partial charge in [-0.3, -0.25) is 4.79 Å². The van der Waals surface area contributed by atoms with Crippen LogP contribution in [0.15, 0.2) is 54.6 Å². The zero-order chi connectivity index (χ0) is 17.4. The van der Waals surface area contributed by atoms with Gasteiger partial charge in [0.25, 0.3) is 5.91 Å². The van der Waals surface area contributed by atoms with Gasteiger partial charge in [0.2, 0.25) is 0 Å². The molecular formula is C20H25NO3. The molecule has 2 N–H and O–H groups in total. The molecular weight excluding hydrogens is 302 g/mol. The lowest BCUT2D eigenvalue weighted by molar-refractivity contribution is 0.0916. The number of aliphatic hydroxyl groups excluding tert-OH is 1. The summed E-state index contributed by atoms with van der Waals surface area (Å²) in [5, 5.41) is 12.1. The maximum atomic E-state index is 12.3. The fourth-order valence-corrected chi connectivity index (χ4v) is 2.40. The van der Waals surface area contributed by atoms with Crippen molar-refractivity contribution >= 4 is 5.91 Å². The van der Waals surface area contributed by atoms with Crippen molar-refractivity contribution in [3.63, 3.8) is 0 Å². The molecule has 2 aromatic rings. The molecule has 1 amide bonds. The van der Waals surface area contributed by atoms with Crippen molar-refractivity contribution in [1.29, 1.82) is 0 Å². The molecule has 0 aliphatic carbocycles. The number of aliphatic hydroxyl groups is 1. The zero-order valence-corrected chi connectivity index (χ0v) is 14.2. The minimum absolute atomic E-state index is 0.0245. The fraction of sp³-hybridized carbons (Fsp3) is 0.350. The van der Waals surface area contributed by atoms with Crippen molar-refractivity contribution < 1.29 is 14.6 Å². The van der Waals surface area contributed by atoms with E-state index in [1.165, 1.54) is 0 Å². The van der Waals surface area contributed by atoms with Gasteiger partial charge in [0.05, 0.1) is 0 Å². The predicted octanol–water partition coefficient (Wildman–Crippen LogP) is 3.40. The van der Waals surface area contributed by atoms with E-state index in [0.29, 0.717) is 18.6 Å². The van der Waals surface area contributed by atoms with Gasteiger partial charge in [-0.25, -0.2) is 0 Å². The maximum absolute atomic E-state index is 12.3. The SMILES string of the molecule is CC(C)[C@H](CCO)NC(=O)c1ccc(COc2ccccc2)cc1. The summed E-state index contributed by atoms with van der Waals surface area (Å²) in [5.41, 5.74) is 1.62. The van der Waals surface area contributed by atoms with Crippen LogP contribution in [0.5, 0.6) is 5.75 Å². The molecule has 0 radical (unpaired) electrons. The number of hydrogen-bond donors (Lipinski definition) is 2. The highest BCUT2D eigenvalue weighted by Gasteiger charge is 2.16. The minimum Gasteiger partial charge on any atom is -0.489 e. The molecule has 1 atom stereocenters. The Labute approximate surface area is 143 Å². The van der Waals surface area contributed by atoms with Crippen LogP contribution < -0.4 is 10.1 Å². The summed E-state index contributed by atoms with van der Waals surface area (Å²) < 4.78 is 5.69. The molecule has 0 bridgehead atoms. The number of para-hydroxylation sites is 1. The smallest absolute Gasteiger partial charge is 0.251 e. The molecule has 0 aromatic heterocycles. The Kier molecular flexibility index (Phi) is 6.82. The summed E-state index contributed by atoms with van der Waals surface area (Å²) in [6.45, 7) is 4.60. The highest BCUT2D eigenvalue weighted by atomic mass is 16.5. The molecule has 128 valence electrons. The normalized spacial score (nSPS) is 12.0. The summed E-state index contributed by atoms with van der Waals surface area (Å²) >= 11 is 0. The second-order valence-electron chi connectivity index (χ2n) is 6.13. The van der Waals surface area contributed by atoms with E-state index in [2.05, 4.69) is 5.32 Å². The largest absolute Gasteiger partial charge is 0.489 e. The number of rotatable bonds is 8. The number of carbonyl (C=O) groups is 1. The van der Waals surface area contributed by atoms with Gasteiger partial charge >= 0.3 is 0 Å². The topological polar surface area (TPSA) is 58.6 Å². The maximum Gasteiger partial charge on any atom is 0.251 e. The van der Waals surface area contributed by atoms with Gasteiger partial charge in [0, 0.05) is 18.2 Å². The second kappa shape index (κ2) is 9.08. The molecule has 4 nitrogen and oxygen atoms in total. The molecule has 0 fully saturated rings. The molecule has 0 aliphatic heterocycles. The van der Waals surface area contributed by atoms with E-state index in [4.69, 9.17) is 9.84 Å². The molecule has 24 heavy (non-hydrogen) atoms. The van der Waals surface area contributed by atoms with Crippen LogP contribution in [0, 0.1) is 5.92 Å². The van der Waals surface area contributed by atoms with Crippen LogP contribution in [0.1, 0.15) is 36.2 Å². The van der Waals surface area contributed by atoms with E-state index >= 15 is 0 Å². The Bertz CT molecular complexity index is 623. The predicted molar refractivity (Wildman–Crippen MR) is 95.0 cm³/mol. The molecule has 0 unspecified atom stereocenters. The summed E-state index contributed by atoms with van der Waals surface area (Å²) in [6.07, 6.45) is 0.562. The van der Waals surface area contributed by atoms with E-state index in [1.54, 1.807) is 12.1 Å². The zero-order valence-electron chi connectivity index (χ0n) is 14.2. The van der Waals surface area contributed by atoms with E-state index in [-0.39, 0.29) is 24.5 Å². The lowest BCUT2D eigenvalue weighted by Crippen LogP contribution is -2.39. The van der Waals surface area contributed by atoms with Gasteiger partial charge in [-0.2, -0.15) is 0 Å². The van der Waals surface area contributed by atoms with Crippen molar-refractivity contribution in [3.8, 4) is 5.75 Å². The lowest BCUT2D eigenvalue weighted by atomic mass is 10.0. The quantitative estimate of drug-likeness (QED) is 0.781. The molecule has 0 spiro atoms. The van der Waals surface area contributed by atoms with Gasteiger partial charge in [0.15, 0.2) is 0 Å². The van der Waals surface area contributed by atoms with Crippen molar-refractivity contribution in [2.24, 2.45) is 5.92 Å². The van der Waals surface area contributed by atoms with Crippen LogP contribution in [-0.2, 0) is 6.61 Å². The molecule has 0 saturated heterocycles. The summed E-state index contributed by atoms with van der Waals surface area (Å²) in [4.78, 5) is 12.3. The molecule has 0 aliphatic rings. The van der Waals surface area contributed by atoms with E-state index < -0.39 is 0 Å². The molecule has 2 aromatic carbocycles. The third-order valence-corrected chi connectivity index (χ3v) is 3.93. The third kappa shape index (κ3) is 5.39. The number of nitrogens with one attached hydrogen (secondary N) is 1.